The summed E-state index contributed by atoms with van der Waals surface area (Å²) in [5, 5.41) is 9.67. The minimum atomic E-state index is -3.00. The molecule has 2 rings (SSSR count). The molecule has 0 fully saturated rings. The van der Waals surface area contributed by atoms with Crippen LogP contribution < -0.4 is 9.36 Å². The number of aliphatic carboxylic acids is 1. The number of halogens is 1. The zero-order valence-corrected chi connectivity index (χ0v) is 13.9. The molecule has 0 amide bonds. The van der Waals surface area contributed by atoms with Crippen LogP contribution in [0.5, 0.6) is 11.5 Å². The van der Waals surface area contributed by atoms with E-state index >= 15 is 0 Å². The van der Waals surface area contributed by atoms with Crippen LogP contribution in [0.3, 0.4) is 0 Å². The Balaban J connectivity index is 2.16. The number of nitrogens with zero attached hydrogens (tertiary/aromatic N) is 1. The molecule has 23 heavy (non-hydrogen) atoms. The highest BCUT2D eigenvalue weighted by Gasteiger charge is 2.29. The molecule has 0 saturated carbocycles. The highest BCUT2D eigenvalue weighted by molar-refractivity contribution is 7.36. The lowest BCUT2D eigenvalue weighted by Gasteiger charge is -2.24. The number of carboxylic acid groups (broad SMARTS) is 1. The number of carboxylic acids is 1. The Bertz CT molecular complexity index is 680. The van der Waals surface area contributed by atoms with E-state index in [4.69, 9.17) is 26.1 Å². The molecule has 122 valence electrons. The molecule has 0 bridgehead atoms. The quantitative estimate of drug-likeness (QED) is 0.600. The third-order valence-electron chi connectivity index (χ3n) is 2.85. The maximum Gasteiger partial charge on any atom is 0.340 e. The highest BCUT2D eigenvalue weighted by atomic mass is 35.5. The van der Waals surface area contributed by atoms with E-state index in [-0.39, 0.29) is 0 Å². The van der Waals surface area contributed by atoms with Crippen molar-refractivity contribution in [1.29, 1.82) is 0 Å². The third-order valence-corrected chi connectivity index (χ3v) is 4.36. The van der Waals surface area contributed by atoms with E-state index < -0.39 is 20.2 Å². The van der Waals surface area contributed by atoms with Gasteiger partial charge in [-0.05, 0) is 48.2 Å². The van der Waals surface area contributed by atoms with Gasteiger partial charge in [-0.15, -0.1) is 0 Å². The van der Waals surface area contributed by atoms with Crippen LogP contribution in [0.15, 0.2) is 54.6 Å². The number of hydroxylamine groups is 1. The smallest absolute Gasteiger partial charge is 0.340 e. The van der Waals surface area contributed by atoms with Crippen molar-refractivity contribution in [3.05, 3.63) is 59.6 Å². The third kappa shape index (κ3) is 4.99. The summed E-state index contributed by atoms with van der Waals surface area (Å²) >= 11 is 5.77. The summed E-state index contributed by atoms with van der Waals surface area (Å²) in [7, 11) is -3.00. The van der Waals surface area contributed by atoms with E-state index in [2.05, 4.69) is 0 Å². The molecule has 0 aliphatic carbocycles. The lowest BCUT2D eigenvalue weighted by Crippen LogP contribution is -2.37. The predicted molar refractivity (Wildman–Crippen MR) is 87.1 cm³/mol. The van der Waals surface area contributed by atoms with Gasteiger partial charge >= 0.3 is 14.1 Å². The maximum absolute atomic E-state index is 12.4. The fourth-order valence-corrected chi connectivity index (χ4v) is 2.78. The standard InChI is InChI=1S/C15H15ClNO5P/c1-11(15(18)19)17(21-13-5-3-2-4-6-13)23(20)22-14-9-7-12(16)8-10-14/h2-11,23H,1H3,(H,18,19). The van der Waals surface area contributed by atoms with E-state index in [0.29, 0.717) is 16.5 Å². The second-order valence-electron chi connectivity index (χ2n) is 4.57. The fraction of sp³-hybridized carbons (Fsp3) is 0.133. The molecule has 0 aliphatic heterocycles. The van der Waals surface area contributed by atoms with Gasteiger partial charge in [0.1, 0.15) is 11.5 Å². The first-order chi connectivity index (χ1) is 11.0. The second kappa shape index (κ2) is 8.02. The lowest BCUT2D eigenvalue weighted by atomic mass is 10.3. The first-order valence-electron chi connectivity index (χ1n) is 6.70. The van der Waals surface area contributed by atoms with Crippen LogP contribution in [0.4, 0.5) is 0 Å². The summed E-state index contributed by atoms with van der Waals surface area (Å²) < 4.78 is 17.7. The van der Waals surface area contributed by atoms with Gasteiger partial charge in [0, 0.05) is 5.02 Å². The zero-order chi connectivity index (χ0) is 16.8. The van der Waals surface area contributed by atoms with E-state index in [1.807, 2.05) is 0 Å². The summed E-state index contributed by atoms with van der Waals surface area (Å²) in [6.07, 6.45) is 0. The molecule has 6 nitrogen and oxygen atoms in total. The Morgan fingerprint density at radius 2 is 1.74 bits per heavy atom. The van der Waals surface area contributed by atoms with Crippen molar-refractivity contribution >= 4 is 25.7 Å². The van der Waals surface area contributed by atoms with Gasteiger partial charge in [0.05, 0.1) is 0 Å². The van der Waals surface area contributed by atoms with Crippen LogP contribution in [-0.2, 0) is 9.36 Å². The van der Waals surface area contributed by atoms with Crippen LogP contribution in [0.2, 0.25) is 5.02 Å². The van der Waals surface area contributed by atoms with Crippen molar-refractivity contribution < 1.29 is 23.8 Å². The summed E-state index contributed by atoms with van der Waals surface area (Å²) in [6, 6.07) is 13.5. The Labute approximate surface area is 139 Å². The Hall–Kier alpha value is -2.01. The SMILES string of the molecule is CC(C(=O)O)N(Oc1ccccc1)[PH](=O)Oc1ccc(Cl)cc1. The van der Waals surface area contributed by atoms with Gasteiger partial charge in [0.2, 0.25) is 0 Å². The van der Waals surface area contributed by atoms with Crippen molar-refractivity contribution in [2.45, 2.75) is 13.0 Å². The molecule has 0 aliphatic rings. The largest absolute Gasteiger partial charge is 0.480 e. The number of hydrogen-bond acceptors (Lipinski definition) is 4. The van der Waals surface area contributed by atoms with Crippen LogP contribution in [0, 0.1) is 0 Å². The molecule has 8 heteroatoms. The predicted octanol–water partition coefficient (Wildman–Crippen LogP) is 3.88. The van der Waals surface area contributed by atoms with E-state index in [1.165, 1.54) is 19.1 Å². The molecule has 0 saturated heterocycles. The summed E-state index contributed by atoms with van der Waals surface area (Å²) in [5.41, 5.74) is 0. The van der Waals surface area contributed by atoms with Gasteiger partial charge in [-0.2, -0.15) is 0 Å². The zero-order valence-electron chi connectivity index (χ0n) is 12.2. The first kappa shape index (κ1) is 17.3. The van der Waals surface area contributed by atoms with Crippen LogP contribution >= 0.6 is 19.8 Å². The molecule has 0 spiro atoms. The molecule has 0 aromatic heterocycles. The molecule has 2 unspecified atom stereocenters. The number of benzene rings is 2. The minimum Gasteiger partial charge on any atom is -0.480 e. The Kier molecular flexibility index (Phi) is 6.04. The lowest BCUT2D eigenvalue weighted by molar-refractivity contribution is -0.148. The molecule has 0 heterocycles. The van der Waals surface area contributed by atoms with Gasteiger partial charge in [-0.3, -0.25) is 9.36 Å². The van der Waals surface area contributed by atoms with Crippen LogP contribution in [0.25, 0.3) is 0 Å². The van der Waals surface area contributed by atoms with Gasteiger partial charge in [0.15, 0.2) is 6.04 Å². The monoisotopic (exact) mass is 355 g/mol. The first-order valence-corrected chi connectivity index (χ1v) is 8.34. The van der Waals surface area contributed by atoms with E-state index in [0.717, 1.165) is 4.83 Å². The second-order valence-corrected chi connectivity index (χ2v) is 6.18. The molecular formula is C15H15ClNO5P. The van der Waals surface area contributed by atoms with Crippen molar-refractivity contribution in [2.24, 2.45) is 0 Å². The average Bonchev–Trinajstić information content (AvgIpc) is 2.55. The van der Waals surface area contributed by atoms with Crippen molar-refractivity contribution in [1.82, 2.24) is 4.83 Å². The fourth-order valence-electron chi connectivity index (χ4n) is 1.62. The topological polar surface area (TPSA) is 76.1 Å². The van der Waals surface area contributed by atoms with Crippen molar-refractivity contribution in [2.75, 3.05) is 0 Å². The molecule has 2 atom stereocenters. The van der Waals surface area contributed by atoms with E-state index in [1.54, 1.807) is 42.5 Å². The van der Waals surface area contributed by atoms with Gasteiger partial charge in [-0.1, -0.05) is 29.8 Å². The van der Waals surface area contributed by atoms with Crippen molar-refractivity contribution in [3.63, 3.8) is 0 Å². The molecule has 0 radical (unpaired) electrons. The molecular weight excluding hydrogens is 341 g/mol. The Morgan fingerprint density at radius 3 is 2.30 bits per heavy atom. The number of para-hydroxylation sites is 1. The molecule has 2 aromatic rings. The Morgan fingerprint density at radius 1 is 1.13 bits per heavy atom. The van der Waals surface area contributed by atoms with Gasteiger partial charge in [0.25, 0.3) is 0 Å². The van der Waals surface area contributed by atoms with Gasteiger partial charge in [-0.25, -0.2) is 0 Å². The summed E-state index contributed by atoms with van der Waals surface area (Å²) in [4.78, 5) is 17.5. The summed E-state index contributed by atoms with van der Waals surface area (Å²) in [6.45, 7) is 1.36. The van der Waals surface area contributed by atoms with Crippen LogP contribution in [0.1, 0.15) is 6.92 Å². The number of hydrogen-bond donors (Lipinski definition) is 1. The normalized spacial score (nSPS) is 13.3. The number of carbonyl (C=O) groups is 1. The minimum absolute atomic E-state index is 0.303. The van der Waals surface area contributed by atoms with E-state index in [9.17, 15) is 9.36 Å². The molecule has 2 aromatic carbocycles. The number of rotatable bonds is 7. The van der Waals surface area contributed by atoms with Gasteiger partial charge < -0.3 is 14.5 Å². The van der Waals surface area contributed by atoms with Crippen molar-refractivity contribution in [3.8, 4) is 11.5 Å². The molecule has 1 N–H and O–H groups in total. The van der Waals surface area contributed by atoms with Crippen LogP contribution in [-0.4, -0.2) is 22.0 Å². The maximum atomic E-state index is 12.4. The highest BCUT2D eigenvalue weighted by Crippen LogP contribution is 2.34. The average molecular weight is 356 g/mol. The summed E-state index contributed by atoms with van der Waals surface area (Å²) in [5.74, 6) is -0.518.